The summed E-state index contributed by atoms with van der Waals surface area (Å²) in [6, 6.07) is 11.9. The first-order chi connectivity index (χ1) is 14.4. The van der Waals surface area contributed by atoms with Gasteiger partial charge < -0.3 is 14.6 Å². The number of benzene rings is 1. The van der Waals surface area contributed by atoms with E-state index in [2.05, 4.69) is 54.7 Å². The van der Waals surface area contributed by atoms with Gasteiger partial charge in [-0.1, -0.05) is 33.8 Å². The van der Waals surface area contributed by atoms with Crippen LogP contribution >= 0.6 is 0 Å². The zero-order chi connectivity index (χ0) is 21.5. The lowest BCUT2D eigenvalue weighted by Gasteiger charge is -2.45. The summed E-state index contributed by atoms with van der Waals surface area (Å²) in [5.41, 5.74) is 2.59. The van der Waals surface area contributed by atoms with Crippen LogP contribution in [0, 0.1) is 11.8 Å². The van der Waals surface area contributed by atoms with Crippen molar-refractivity contribution in [1.29, 1.82) is 0 Å². The fourth-order valence-corrected chi connectivity index (χ4v) is 5.42. The molecule has 0 aliphatic carbocycles. The summed E-state index contributed by atoms with van der Waals surface area (Å²) in [4.78, 5) is 23.5. The molecule has 30 heavy (non-hydrogen) atoms. The van der Waals surface area contributed by atoms with Crippen molar-refractivity contribution in [1.82, 2.24) is 14.9 Å². The molecular formula is C25H31N3O2. The number of carbonyl (C=O) groups excluding carboxylic acids is 1. The molecule has 0 radical (unpaired) electrons. The van der Waals surface area contributed by atoms with Crippen LogP contribution in [0.2, 0.25) is 0 Å². The molecule has 1 unspecified atom stereocenters. The van der Waals surface area contributed by atoms with Crippen molar-refractivity contribution in [2.75, 3.05) is 13.7 Å². The van der Waals surface area contributed by atoms with Crippen LogP contribution in [-0.2, 0) is 0 Å². The van der Waals surface area contributed by atoms with Gasteiger partial charge in [-0.05, 0) is 54.2 Å². The maximum absolute atomic E-state index is 13.9. The zero-order valence-electron chi connectivity index (χ0n) is 18.5. The second-order valence-corrected chi connectivity index (χ2v) is 9.00. The maximum Gasteiger partial charge on any atom is 0.270 e. The number of ether oxygens (including phenoxy) is 1. The first-order valence-corrected chi connectivity index (χ1v) is 10.8. The van der Waals surface area contributed by atoms with Crippen LogP contribution in [0.15, 0.2) is 48.8 Å². The number of aromatic amines is 1. The minimum Gasteiger partial charge on any atom is -0.496 e. The van der Waals surface area contributed by atoms with E-state index in [0.29, 0.717) is 30.0 Å². The van der Waals surface area contributed by atoms with Crippen molar-refractivity contribution >= 4 is 16.8 Å². The maximum atomic E-state index is 13.9. The van der Waals surface area contributed by atoms with Crippen LogP contribution in [-0.4, -0.2) is 40.0 Å². The van der Waals surface area contributed by atoms with Crippen LogP contribution in [0.25, 0.3) is 10.9 Å². The van der Waals surface area contributed by atoms with Gasteiger partial charge in [-0.2, -0.15) is 0 Å². The number of amides is 1. The topological polar surface area (TPSA) is 58.2 Å². The average Bonchev–Trinajstić information content (AvgIpc) is 3.36. The smallest absolute Gasteiger partial charge is 0.270 e. The predicted molar refractivity (Wildman–Crippen MR) is 120 cm³/mol. The number of hydrogen-bond acceptors (Lipinski definition) is 3. The molecular weight excluding hydrogens is 374 g/mol. The summed E-state index contributed by atoms with van der Waals surface area (Å²) in [6.07, 6.45) is 4.65. The molecule has 0 bridgehead atoms. The lowest BCUT2D eigenvalue weighted by molar-refractivity contribution is 0.0291. The van der Waals surface area contributed by atoms with Crippen LogP contribution in [0.1, 0.15) is 56.1 Å². The third-order valence-corrected chi connectivity index (χ3v) is 6.98. The van der Waals surface area contributed by atoms with Crippen LogP contribution in [0.5, 0.6) is 5.75 Å². The summed E-state index contributed by atoms with van der Waals surface area (Å²) < 4.78 is 5.49. The van der Waals surface area contributed by atoms with Crippen molar-refractivity contribution in [2.45, 2.75) is 45.6 Å². The molecule has 1 atom stereocenters. The molecule has 3 heterocycles. The van der Waals surface area contributed by atoms with Gasteiger partial charge in [-0.3, -0.25) is 9.78 Å². The van der Waals surface area contributed by atoms with E-state index in [1.165, 1.54) is 5.56 Å². The van der Waals surface area contributed by atoms with Crippen LogP contribution in [0.3, 0.4) is 0 Å². The van der Waals surface area contributed by atoms with E-state index in [9.17, 15) is 4.79 Å². The van der Waals surface area contributed by atoms with Crippen molar-refractivity contribution < 1.29 is 9.53 Å². The molecule has 1 N–H and O–H groups in total. The Hall–Kier alpha value is -2.82. The highest BCUT2D eigenvalue weighted by Gasteiger charge is 2.52. The summed E-state index contributed by atoms with van der Waals surface area (Å²) in [5.74, 6) is 1.82. The number of pyridine rings is 1. The standard InChI is InChI=1S/C25H31N3O2/c1-16(2)25(17(3)4)14-19(18-9-11-26-12-10-18)15-28(25)24(29)22-13-20-21(27-22)7-6-8-23(20)30-5/h6-13,16-17,19,27H,14-15H2,1-5H3. The Labute approximate surface area is 178 Å². The molecule has 4 rings (SSSR count). The average molecular weight is 406 g/mol. The lowest BCUT2D eigenvalue weighted by atomic mass is 9.73. The number of rotatable bonds is 5. The van der Waals surface area contributed by atoms with E-state index in [-0.39, 0.29) is 11.4 Å². The normalized spacial score (nSPS) is 18.5. The largest absolute Gasteiger partial charge is 0.496 e. The van der Waals surface area contributed by atoms with E-state index < -0.39 is 0 Å². The molecule has 1 aromatic carbocycles. The van der Waals surface area contributed by atoms with Crippen LogP contribution < -0.4 is 4.74 Å². The number of aromatic nitrogens is 2. The Bertz CT molecular complexity index is 1030. The first kappa shape index (κ1) is 20.5. The molecule has 1 fully saturated rings. The number of methoxy groups -OCH3 is 1. The van der Waals surface area contributed by atoms with Crippen molar-refractivity contribution in [2.24, 2.45) is 11.8 Å². The lowest BCUT2D eigenvalue weighted by Crippen LogP contribution is -2.54. The van der Waals surface area contributed by atoms with Gasteiger partial charge in [0.1, 0.15) is 11.4 Å². The second-order valence-electron chi connectivity index (χ2n) is 9.00. The SMILES string of the molecule is COc1cccc2[nH]c(C(=O)N3CC(c4ccncc4)CC3(C(C)C)C(C)C)cc12. The summed E-state index contributed by atoms with van der Waals surface area (Å²) in [6.45, 7) is 9.67. The minimum absolute atomic E-state index is 0.0622. The third-order valence-electron chi connectivity index (χ3n) is 6.98. The fraction of sp³-hybridized carbons (Fsp3) is 0.440. The number of likely N-dealkylation sites (tertiary alicyclic amines) is 1. The number of hydrogen-bond donors (Lipinski definition) is 1. The van der Waals surface area contributed by atoms with Crippen molar-refractivity contribution in [3.8, 4) is 5.75 Å². The van der Waals surface area contributed by atoms with E-state index in [1.54, 1.807) is 7.11 Å². The summed E-state index contributed by atoms with van der Waals surface area (Å²) in [5, 5.41) is 0.938. The summed E-state index contributed by atoms with van der Waals surface area (Å²) in [7, 11) is 1.66. The second kappa shape index (κ2) is 7.78. The number of nitrogens with one attached hydrogen (secondary N) is 1. The Morgan fingerprint density at radius 1 is 1.17 bits per heavy atom. The number of H-pyrrole nitrogens is 1. The Morgan fingerprint density at radius 3 is 2.50 bits per heavy atom. The number of fused-ring (bicyclic) bond motifs is 1. The van der Waals surface area contributed by atoms with Crippen molar-refractivity contribution in [3.05, 3.63) is 60.0 Å². The van der Waals surface area contributed by atoms with E-state index in [0.717, 1.165) is 23.1 Å². The van der Waals surface area contributed by atoms with Gasteiger partial charge in [0.05, 0.1) is 7.11 Å². The minimum atomic E-state index is -0.202. The molecule has 3 aromatic rings. The Balaban J connectivity index is 1.77. The third kappa shape index (κ3) is 3.17. The highest BCUT2D eigenvalue weighted by atomic mass is 16.5. The van der Waals surface area contributed by atoms with Gasteiger partial charge in [-0.15, -0.1) is 0 Å². The van der Waals surface area contributed by atoms with Gasteiger partial charge >= 0.3 is 0 Å². The monoisotopic (exact) mass is 405 g/mol. The van der Waals surface area contributed by atoms with E-state index in [1.807, 2.05) is 36.7 Å². The molecule has 158 valence electrons. The molecule has 1 amide bonds. The molecule has 1 aliphatic rings. The molecule has 5 nitrogen and oxygen atoms in total. The molecule has 5 heteroatoms. The van der Waals surface area contributed by atoms with Gasteiger partial charge in [-0.25, -0.2) is 0 Å². The molecule has 1 saturated heterocycles. The molecule has 0 saturated carbocycles. The van der Waals surface area contributed by atoms with Gasteiger partial charge in [0, 0.05) is 41.3 Å². The summed E-state index contributed by atoms with van der Waals surface area (Å²) >= 11 is 0. The zero-order valence-corrected chi connectivity index (χ0v) is 18.5. The van der Waals surface area contributed by atoms with Crippen LogP contribution in [0.4, 0.5) is 0 Å². The molecule has 2 aromatic heterocycles. The van der Waals surface area contributed by atoms with Gasteiger partial charge in [0.25, 0.3) is 5.91 Å². The quantitative estimate of drug-likeness (QED) is 0.630. The predicted octanol–water partition coefficient (Wildman–Crippen LogP) is 5.25. The number of nitrogens with zero attached hydrogens (tertiary/aromatic N) is 2. The highest BCUT2D eigenvalue weighted by Crippen LogP contribution is 2.48. The van der Waals surface area contributed by atoms with E-state index in [4.69, 9.17) is 4.74 Å². The Kier molecular flexibility index (Phi) is 5.31. The first-order valence-electron chi connectivity index (χ1n) is 10.8. The van der Waals surface area contributed by atoms with Gasteiger partial charge in [0.2, 0.25) is 0 Å². The van der Waals surface area contributed by atoms with E-state index >= 15 is 0 Å². The molecule has 1 aliphatic heterocycles. The Morgan fingerprint density at radius 2 is 1.87 bits per heavy atom. The number of carbonyl (C=O) groups is 1. The fourth-order valence-electron chi connectivity index (χ4n) is 5.42. The highest BCUT2D eigenvalue weighted by molar-refractivity contribution is 6.00. The van der Waals surface area contributed by atoms with Crippen molar-refractivity contribution in [3.63, 3.8) is 0 Å². The molecule has 0 spiro atoms. The van der Waals surface area contributed by atoms with Gasteiger partial charge in [0.15, 0.2) is 0 Å².